The summed E-state index contributed by atoms with van der Waals surface area (Å²) in [5.74, 6) is -0.0430. The van der Waals surface area contributed by atoms with Gasteiger partial charge in [0.05, 0.1) is 18.1 Å². The maximum Gasteiger partial charge on any atom is 0.242 e. The van der Waals surface area contributed by atoms with Crippen LogP contribution in [-0.2, 0) is 16.0 Å². The van der Waals surface area contributed by atoms with Crippen molar-refractivity contribution in [2.24, 2.45) is 0 Å². The predicted molar refractivity (Wildman–Crippen MR) is 97.6 cm³/mol. The molecular weight excluding hydrogens is 363 g/mol. The molecule has 2 rings (SSSR count). The van der Waals surface area contributed by atoms with E-state index in [0.29, 0.717) is 28.8 Å². The third kappa shape index (κ3) is 7.03. The quantitative estimate of drug-likeness (QED) is 0.570. The Morgan fingerprint density at radius 2 is 1.68 bits per heavy atom. The molecule has 0 aromatic heterocycles. The summed E-state index contributed by atoms with van der Waals surface area (Å²) in [7, 11) is 0. The minimum atomic E-state index is -0.285. The SMILES string of the molecule is O=C(CCCOc1ccc(Cl)cc1Cl)NNC(=O)Cc1ccccc1. The maximum atomic E-state index is 11.7. The lowest BCUT2D eigenvalue weighted by molar-refractivity contribution is -0.128. The first-order chi connectivity index (χ1) is 12.0. The second kappa shape index (κ2) is 9.91. The van der Waals surface area contributed by atoms with Crippen LogP contribution in [0, 0.1) is 0 Å². The van der Waals surface area contributed by atoms with E-state index in [9.17, 15) is 9.59 Å². The highest BCUT2D eigenvalue weighted by atomic mass is 35.5. The fraction of sp³-hybridized carbons (Fsp3) is 0.222. The largest absolute Gasteiger partial charge is 0.492 e. The second-order valence-electron chi connectivity index (χ2n) is 5.29. The van der Waals surface area contributed by atoms with Crippen LogP contribution in [0.25, 0.3) is 0 Å². The van der Waals surface area contributed by atoms with Crippen molar-refractivity contribution in [3.05, 3.63) is 64.1 Å². The minimum absolute atomic E-state index is 0.208. The van der Waals surface area contributed by atoms with Crippen LogP contribution in [0.15, 0.2) is 48.5 Å². The number of nitrogens with one attached hydrogen (secondary N) is 2. The van der Waals surface area contributed by atoms with E-state index in [4.69, 9.17) is 27.9 Å². The molecule has 0 aliphatic carbocycles. The van der Waals surface area contributed by atoms with Crippen molar-refractivity contribution in [1.29, 1.82) is 0 Å². The molecule has 0 spiro atoms. The highest BCUT2D eigenvalue weighted by Crippen LogP contribution is 2.27. The molecule has 25 heavy (non-hydrogen) atoms. The molecule has 2 N–H and O–H groups in total. The van der Waals surface area contributed by atoms with Gasteiger partial charge in [-0.25, -0.2) is 0 Å². The number of ether oxygens (including phenoxy) is 1. The molecule has 0 saturated heterocycles. The Morgan fingerprint density at radius 1 is 0.960 bits per heavy atom. The standard InChI is InChI=1S/C18H18Cl2N2O3/c19-14-8-9-16(15(20)12-14)25-10-4-7-17(23)21-22-18(24)11-13-5-2-1-3-6-13/h1-3,5-6,8-9,12H,4,7,10-11H2,(H,21,23)(H,22,24). The molecule has 0 atom stereocenters. The van der Waals surface area contributed by atoms with Gasteiger partial charge in [-0.3, -0.25) is 20.4 Å². The van der Waals surface area contributed by atoms with Crippen LogP contribution in [0.2, 0.25) is 10.0 Å². The zero-order chi connectivity index (χ0) is 18.1. The van der Waals surface area contributed by atoms with Gasteiger partial charge in [-0.15, -0.1) is 0 Å². The van der Waals surface area contributed by atoms with Gasteiger partial charge in [0, 0.05) is 11.4 Å². The van der Waals surface area contributed by atoms with Gasteiger partial charge in [0.15, 0.2) is 0 Å². The Labute approximate surface area is 156 Å². The minimum Gasteiger partial charge on any atom is -0.492 e. The molecule has 0 fully saturated rings. The fourth-order valence-corrected chi connectivity index (χ4v) is 2.50. The Balaban J connectivity index is 1.61. The lowest BCUT2D eigenvalue weighted by atomic mass is 10.1. The van der Waals surface area contributed by atoms with Gasteiger partial charge in [0.2, 0.25) is 11.8 Å². The summed E-state index contributed by atoms with van der Waals surface area (Å²) in [6.45, 7) is 0.326. The van der Waals surface area contributed by atoms with Gasteiger partial charge in [0.1, 0.15) is 5.75 Å². The van der Waals surface area contributed by atoms with Gasteiger partial charge in [-0.2, -0.15) is 0 Å². The van der Waals surface area contributed by atoms with Crippen LogP contribution in [0.1, 0.15) is 18.4 Å². The van der Waals surface area contributed by atoms with Gasteiger partial charge in [-0.1, -0.05) is 53.5 Å². The molecule has 0 radical (unpaired) electrons. The summed E-state index contributed by atoms with van der Waals surface area (Å²) >= 11 is 11.8. The van der Waals surface area contributed by atoms with E-state index in [1.54, 1.807) is 18.2 Å². The summed E-state index contributed by atoms with van der Waals surface area (Å²) in [5, 5.41) is 0.952. The number of carbonyl (C=O) groups is 2. The number of hydrogen-bond donors (Lipinski definition) is 2. The van der Waals surface area contributed by atoms with Crippen molar-refractivity contribution in [2.75, 3.05) is 6.61 Å². The number of amides is 2. The average Bonchev–Trinajstić information content (AvgIpc) is 2.59. The van der Waals surface area contributed by atoms with Crippen LogP contribution < -0.4 is 15.6 Å². The molecule has 0 aliphatic heterocycles. The number of halogens is 2. The fourth-order valence-electron chi connectivity index (χ4n) is 2.03. The van der Waals surface area contributed by atoms with E-state index in [-0.39, 0.29) is 24.7 Å². The summed E-state index contributed by atoms with van der Waals surface area (Å²) < 4.78 is 5.49. The summed E-state index contributed by atoms with van der Waals surface area (Å²) in [6, 6.07) is 14.2. The number of benzene rings is 2. The van der Waals surface area contributed by atoms with E-state index >= 15 is 0 Å². The first-order valence-electron chi connectivity index (χ1n) is 7.74. The number of carbonyl (C=O) groups excluding carboxylic acids is 2. The molecule has 7 heteroatoms. The molecule has 2 aromatic carbocycles. The molecule has 0 saturated carbocycles. The molecule has 0 aliphatic rings. The van der Waals surface area contributed by atoms with Crippen molar-refractivity contribution in [2.45, 2.75) is 19.3 Å². The third-order valence-corrected chi connectivity index (χ3v) is 3.78. The van der Waals surface area contributed by atoms with E-state index in [1.165, 1.54) is 0 Å². The molecule has 132 valence electrons. The van der Waals surface area contributed by atoms with E-state index in [1.807, 2.05) is 30.3 Å². The zero-order valence-corrected chi connectivity index (χ0v) is 14.9. The Morgan fingerprint density at radius 3 is 2.40 bits per heavy atom. The average molecular weight is 381 g/mol. The lowest BCUT2D eigenvalue weighted by Crippen LogP contribution is -2.42. The molecule has 2 amide bonds. The Hall–Kier alpha value is -2.24. The third-order valence-electron chi connectivity index (χ3n) is 3.25. The van der Waals surface area contributed by atoms with Crippen LogP contribution in [-0.4, -0.2) is 18.4 Å². The smallest absolute Gasteiger partial charge is 0.242 e. The van der Waals surface area contributed by atoms with E-state index in [0.717, 1.165) is 5.56 Å². The van der Waals surface area contributed by atoms with Crippen molar-refractivity contribution in [3.8, 4) is 5.75 Å². The van der Waals surface area contributed by atoms with Crippen LogP contribution >= 0.6 is 23.2 Å². The highest BCUT2D eigenvalue weighted by Gasteiger charge is 2.07. The first-order valence-corrected chi connectivity index (χ1v) is 8.49. The lowest BCUT2D eigenvalue weighted by Gasteiger charge is -2.09. The normalized spacial score (nSPS) is 10.2. The number of hydrazine groups is 1. The topological polar surface area (TPSA) is 67.4 Å². The van der Waals surface area contributed by atoms with Crippen LogP contribution in [0.4, 0.5) is 0 Å². The Bertz CT molecular complexity index is 724. The summed E-state index contributed by atoms with van der Waals surface area (Å²) in [4.78, 5) is 23.4. The molecule has 0 heterocycles. The van der Waals surface area contributed by atoms with Gasteiger partial charge in [0.25, 0.3) is 0 Å². The van der Waals surface area contributed by atoms with Crippen molar-refractivity contribution in [1.82, 2.24) is 10.9 Å². The molecule has 5 nitrogen and oxygen atoms in total. The highest BCUT2D eigenvalue weighted by molar-refractivity contribution is 6.35. The van der Waals surface area contributed by atoms with Crippen LogP contribution in [0.5, 0.6) is 5.75 Å². The van der Waals surface area contributed by atoms with Crippen molar-refractivity contribution < 1.29 is 14.3 Å². The predicted octanol–water partition coefficient (Wildman–Crippen LogP) is 3.54. The van der Waals surface area contributed by atoms with E-state index in [2.05, 4.69) is 10.9 Å². The number of hydrogen-bond acceptors (Lipinski definition) is 3. The summed E-state index contributed by atoms with van der Waals surface area (Å²) in [5.41, 5.74) is 5.65. The van der Waals surface area contributed by atoms with Gasteiger partial charge < -0.3 is 4.74 Å². The zero-order valence-electron chi connectivity index (χ0n) is 13.4. The Kier molecular flexibility index (Phi) is 7.57. The van der Waals surface area contributed by atoms with E-state index < -0.39 is 0 Å². The first kappa shape index (κ1) is 19.1. The van der Waals surface area contributed by atoms with Crippen molar-refractivity contribution >= 4 is 35.0 Å². The number of rotatable bonds is 7. The van der Waals surface area contributed by atoms with Crippen LogP contribution in [0.3, 0.4) is 0 Å². The maximum absolute atomic E-state index is 11.7. The van der Waals surface area contributed by atoms with Gasteiger partial charge >= 0.3 is 0 Å². The molecule has 2 aromatic rings. The molecule has 0 unspecified atom stereocenters. The van der Waals surface area contributed by atoms with Gasteiger partial charge in [-0.05, 0) is 30.2 Å². The molecular formula is C18H18Cl2N2O3. The monoisotopic (exact) mass is 380 g/mol. The molecule has 0 bridgehead atoms. The van der Waals surface area contributed by atoms with Crippen molar-refractivity contribution in [3.63, 3.8) is 0 Å². The summed E-state index contributed by atoms with van der Waals surface area (Å²) in [6.07, 6.45) is 0.912. The second-order valence-corrected chi connectivity index (χ2v) is 6.13.